The van der Waals surface area contributed by atoms with E-state index in [-0.39, 0.29) is 0 Å². The Labute approximate surface area is 62.9 Å². The van der Waals surface area contributed by atoms with Gasteiger partial charge in [0.15, 0.2) is 0 Å². The van der Waals surface area contributed by atoms with Crippen LogP contribution in [0.5, 0.6) is 0 Å². The molecule has 0 saturated carbocycles. The Morgan fingerprint density at radius 3 is 2.90 bits per heavy atom. The van der Waals surface area contributed by atoms with Crippen LogP contribution < -0.4 is 0 Å². The third kappa shape index (κ3) is 1.38. The highest BCUT2D eigenvalue weighted by molar-refractivity contribution is 6.08. The first-order valence-electron chi connectivity index (χ1n) is 3.51. The van der Waals surface area contributed by atoms with Crippen LogP contribution in [0.2, 0.25) is 0 Å². The van der Waals surface area contributed by atoms with Gasteiger partial charge in [-0.25, -0.2) is 0 Å². The molecule has 0 spiro atoms. The molecule has 1 aromatic heterocycles. The quantitative estimate of drug-likeness (QED) is 0.551. The van der Waals surface area contributed by atoms with E-state index < -0.39 is 0 Å². The molecule has 50 valence electrons. The highest BCUT2D eigenvalue weighted by Crippen LogP contribution is 2.04. The van der Waals surface area contributed by atoms with Crippen LogP contribution in [-0.4, -0.2) is 12.8 Å². The van der Waals surface area contributed by atoms with Crippen LogP contribution in [0, 0.1) is 0 Å². The minimum absolute atomic E-state index is 0.594. The van der Waals surface area contributed by atoms with Gasteiger partial charge in [0.2, 0.25) is 0 Å². The highest BCUT2D eigenvalue weighted by Gasteiger charge is 1.95. The fourth-order valence-corrected chi connectivity index (χ4v) is 0.976. The molecule has 0 aliphatic carbocycles. The summed E-state index contributed by atoms with van der Waals surface area (Å²) in [5.74, 6) is 0. The molecule has 0 unspecified atom stereocenters. The lowest BCUT2D eigenvalue weighted by molar-refractivity contribution is 1.00. The van der Waals surface area contributed by atoms with Crippen molar-refractivity contribution < 1.29 is 0 Å². The monoisotopic (exact) mass is 131 g/mol. The van der Waals surface area contributed by atoms with Gasteiger partial charge < -0.3 is 0 Å². The summed E-state index contributed by atoms with van der Waals surface area (Å²) in [5.41, 5.74) is 2.27. The van der Waals surface area contributed by atoms with Crippen molar-refractivity contribution in [2.24, 2.45) is 0 Å². The Bertz CT molecular complexity index is 187. The minimum Gasteiger partial charge on any atom is -0.261 e. The van der Waals surface area contributed by atoms with Gasteiger partial charge in [0.25, 0.3) is 0 Å². The van der Waals surface area contributed by atoms with E-state index in [1.807, 2.05) is 12.1 Å². The van der Waals surface area contributed by atoms with E-state index in [9.17, 15) is 0 Å². The zero-order chi connectivity index (χ0) is 7.40. The summed E-state index contributed by atoms with van der Waals surface area (Å²) in [6.07, 6.45) is 3.36. The van der Waals surface area contributed by atoms with Gasteiger partial charge in [0.05, 0.1) is 7.85 Å². The molecule has 1 aromatic rings. The smallest absolute Gasteiger partial charge is 0.0717 e. The molecule has 2 radical (unpaired) electrons. The molecule has 1 nitrogen and oxygen atoms in total. The summed E-state index contributed by atoms with van der Waals surface area (Å²) in [6.45, 7) is 2.08. The maximum atomic E-state index is 5.49. The third-order valence-corrected chi connectivity index (χ3v) is 1.54. The van der Waals surface area contributed by atoms with Crippen molar-refractivity contribution in [3.05, 3.63) is 29.6 Å². The predicted molar refractivity (Wildman–Crippen MR) is 43.1 cm³/mol. The van der Waals surface area contributed by atoms with E-state index in [4.69, 9.17) is 7.85 Å². The average Bonchev–Trinajstić information content (AvgIpc) is 2.04. The van der Waals surface area contributed by atoms with Crippen molar-refractivity contribution in [3.63, 3.8) is 0 Å². The maximum Gasteiger partial charge on any atom is 0.0717 e. The molecule has 0 fully saturated rings. The molecular weight excluding hydrogens is 121 g/mol. The van der Waals surface area contributed by atoms with Crippen LogP contribution in [0.3, 0.4) is 0 Å². The van der Waals surface area contributed by atoms with Crippen LogP contribution in [0.1, 0.15) is 18.2 Å². The van der Waals surface area contributed by atoms with E-state index in [1.54, 1.807) is 6.20 Å². The lowest BCUT2D eigenvalue weighted by Gasteiger charge is -2.01. The van der Waals surface area contributed by atoms with Crippen LogP contribution in [0.25, 0.3) is 0 Å². The summed E-state index contributed by atoms with van der Waals surface area (Å²) in [6, 6.07) is 3.94. The van der Waals surface area contributed by atoms with Crippen molar-refractivity contribution in [1.82, 2.24) is 4.98 Å². The van der Waals surface area contributed by atoms with Crippen molar-refractivity contribution in [1.29, 1.82) is 0 Å². The lowest BCUT2D eigenvalue weighted by Crippen LogP contribution is -1.94. The Hall–Kier alpha value is -0.785. The molecule has 1 heterocycles. The molecule has 10 heavy (non-hydrogen) atoms. The SMILES string of the molecule is [B]Cc1cccnc1CC. The molecule has 1 rings (SSSR count). The van der Waals surface area contributed by atoms with Gasteiger partial charge in [0, 0.05) is 11.9 Å². The minimum atomic E-state index is 0.594. The maximum absolute atomic E-state index is 5.49. The van der Waals surface area contributed by atoms with E-state index in [0.717, 1.165) is 17.7 Å². The Morgan fingerprint density at radius 2 is 2.40 bits per heavy atom. The average molecular weight is 131 g/mol. The number of hydrogen-bond acceptors (Lipinski definition) is 1. The number of nitrogens with zero attached hydrogens (tertiary/aromatic N) is 1. The second-order valence-electron chi connectivity index (χ2n) is 2.17. The number of hydrogen-bond donors (Lipinski definition) is 0. The first-order chi connectivity index (χ1) is 4.88. The first kappa shape index (κ1) is 7.32. The topological polar surface area (TPSA) is 12.9 Å². The van der Waals surface area contributed by atoms with E-state index in [1.165, 1.54) is 0 Å². The molecule has 0 bridgehead atoms. The van der Waals surface area contributed by atoms with Gasteiger partial charge in [0.1, 0.15) is 0 Å². The zero-order valence-electron chi connectivity index (χ0n) is 6.17. The first-order valence-corrected chi connectivity index (χ1v) is 3.51. The predicted octanol–water partition coefficient (Wildman–Crippen LogP) is 1.31. The van der Waals surface area contributed by atoms with Crippen molar-refractivity contribution in [2.75, 3.05) is 0 Å². The molecule has 0 atom stereocenters. The summed E-state index contributed by atoms with van der Waals surface area (Å²) in [4.78, 5) is 4.19. The zero-order valence-corrected chi connectivity index (χ0v) is 6.17. The summed E-state index contributed by atoms with van der Waals surface area (Å²) >= 11 is 0. The van der Waals surface area contributed by atoms with Crippen LogP contribution in [-0.2, 0) is 12.7 Å². The molecule has 0 aromatic carbocycles. The van der Waals surface area contributed by atoms with Gasteiger partial charge in [-0.15, -0.1) is 0 Å². The number of rotatable bonds is 2. The molecule has 2 heteroatoms. The number of pyridine rings is 1. The molecule has 0 amide bonds. The number of aryl methyl sites for hydroxylation is 1. The van der Waals surface area contributed by atoms with Gasteiger partial charge in [-0.2, -0.15) is 0 Å². The van der Waals surface area contributed by atoms with Crippen LogP contribution in [0.15, 0.2) is 18.3 Å². The van der Waals surface area contributed by atoms with E-state index >= 15 is 0 Å². The molecule has 0 aliphatic heterocycles. The van der Waals surface area contributed by atoms with Crippen molar-refractivity contribution >= 4 is 7.85 Å². The molecule has 0 aliphatic rings. The largest absolute Gasteiger partial charge is 0.261 e. The fraction of sp³-hybridized carbons (Fsp3) is 0.375. The second-order valence-corrected chi connectivity index (χ2v) is 2.17. The summed E-state index contributed by atoms with van der Waals surface area (Å²) < 4.78 is 0. The van der Waals surface area contributed by atoms with Crippen LogP contribution >= 0.6 is 0 Å². The Kier molecular flexibility index (Phi) is 2.49. The van der Waals surface area contributed by atoms with E-state index in [0.29, 0.717) is 6.32 Å². The molecular formula is C8H10BN. The molecule has 0 N–H and O–H groups in total. The van der Waals surface area contributed by atoms with Gasteiger partial charge in [-0.1, -0.05) is 19.3 Å². The van der Waals surface area contributed by atoms with Gasteiger partial charge in [-0.3, -0.25) is 4.98 Å². The second kappa shape index (κ2) is 3.40. The fourth-order valence-electron chi connectivity index (χ4n) is 0.976. The lowest BCUT2D eigenvalue weighted by atomic mass is 9.95. The number of aromatic nitrogens is 1. The van der Waals surface area contributed by atoms with Crippen LogP contribution in [0.4, 0.5) is 0 Å². The standard InChI is InChI=1S/C8H10BN/c1-2-8-7(6-9)4-3-5-10-8/h3-5H,2,6H2,1H3. The molecule has 0 saturated heterocycles. The summed E-state index contributed by atoms with van der Waals surface area (Å²) in [5, 5.41) is 0. The highest BCUT2D eigenvalue weighted by atomic mass is 14.7. The van der Waals surface area contributed by atoms with E-state index in [2.05, 4.69) is 11.9 Å². The Morgan fingerprint density at radius 1 is 1.60 bits per heavy atom. The third-order valence-electron chi connectivity index (χ3n) is 1.54. The van der Waals surface area contributed by atoms with Gasteiger partial charge in [-0.05, 0) is 18.1 Å². The summed E-state index contributed by atoms with van der Waals surface area (Å²) in [7, 11) is 5.49. The Balaban J connectivity index is 2.96. The van der Waals surface area contributed by atoms with Crippen molar-refractivity contribution in [2.45, 2.75) is 19.7 Å². The van der Waals surface area contributed by atoms with Crippen molar-refractivity contribution in [3.8, 4) is 0 Å². The van der Waals surface area contributed by atoms with Gasteiger partial charge >= 0.3 is 0 Å². The normalized spacial score (nSPS) is 9.70.